The summed E-state index contributed by atoms with van der Waals surface area (Å²) in [5.41, 5.74) is 4.16. The van der Waals surface area contributed by atoms with Crippen molar-refractivity contribution in [2.75, 3.05) is 13.1 Å². The van der Waals surface area contributed by atoms with Crippen molar-refractivity contribution in [1.29, 1.82) is 0 Å². The third kappa shape index (κ3) is 6.38. The summed E-state index contributed by atoms with van der Waals surface area (Å²) in [6, 6.07) is 28.4. The minimum Gasteiger partial charge on any atom is -0.412 e. The van der Waals surface area contributed by atoms with Crippen LogP contribution in [0, 0.1) is 0 Å². The monoisotopic (exact) mass is 428 g/mol. The summed E-state index contributed by atoms with van der Waals surface area (Å²) in [6.07, 6.45) is 5.35. The van der Waals surface area contributed by atoms with Crippen LogP contribution in [0.3, 0.4) is 0 Å². The predicted molar refractivity (Wildman–Crippen MR) is 127 cm³/mol. The van der Waals surface area contributed by atoms with E-state index in [1.165, 1.54) is 11.1 Å². The number of imidazole rings is 1. The molecule has 0 saturated heterocycles. The van der Waals surface area contributed by atoms with Crippen LogP contribution < -0.4 is 5.32 Å². The second kappa shape index (κ2) is 11.6. The van der Waals surface area contributed by atoms with Gasteiger partial charge >= 0.3 is 0 Å². The Morgan fingerprint density at radius 2 is 1.44 bits per heavy atom. The lowest BCUT2D eigenvalue weighted by atomic mass is 10.1. The molecule has 0 spiro atoms. The Morgan fingerprint density at radius 3 is 1.97 bits per heavy atom. The molecule has 0 radical (unpaired) electrons. The van der Waals surface area contributed by atoms with Gasteiger partial charge in [-0.2, -0.15) is 0 Å². The van der Waals surface area contributed by atoms with E-state index < -0.39 is 0 Å². The molecule has 0 aliphatic heterocycles. The standard InChI is InChI=1S/C26H26N4O.H2O/c31-26(24-11-13-25(14-12-24)30-18-15-27-21-30)28-16-17-29(19-22-7-3-1-4-8-22)20-23-9-5-2-6-10-23;/h1-15,18,21H,16-17,19-20H2,(H,28,31);1H2. The third-order valence-corrected chi connectivity index (χ3v) is 5.14. The van der Waals surface area contributed by atoms with Crippen LogP contribution in [0.4, 0.5) is 0 Å². The van der Waals surface area contributed by atoms with Gasteiger partial charge in [0.2, 0.25) is 0 Å². The first-order chi connectivity index (χ1) is 15.3. The first-order valence-electron chi connectivity index (χ1n) is 10.4. The van der Waals surface area contributed by atoms with Crippen LogP contribution in [0.25, 0.3) is 5.69 Å². The Balaban J connectivity index is 0.00000289. The molecule has 0 saturated carbocycles. The Morgan fingerprint density at radius 1 is 0.844 bits per heavy atom. The van der Waals surface area contributed by atoms with Gasteiger partial charge in [0.1, 0.15) is 0 Å². The Labute approximate surface area is 188 Å². The highest BCUT2D eigenvalue weighted by atomic mass is 16.1. The van der Waals surface area contributed by atoms with Crippen LogP contribution in [0.15, 0.2) is 104 Å². The smallest absolute Gasteiger partial charge is 0.251 e. The van der Waals surface area contributed by atoms with E-state index in [-0.39, 0.29) is 11.4 Å². The maximum atomic E-state index is 12.6. The lowest BCUT2D eigenvalue weighted by Crippen LogP contribution is -2.34. The summed E-state index contributed by atoms with van der Waals surface area (Å²) in [5.74, 6) is -0.0587. The van der Waals surface area contributed by atoms with Crippen molar-refractivity contribution >= 4 is 5.91 Å². The zero-order valence-electron chi connectivity index (χ0n) is 17.9. The van der Waals surface area contributed by atoms with Gasteiger partial charge in [0.25, 0.3) is 5.91 Å². The average Bonchev–Trinajstić information content (AvgIpc) is 3.35. The van der Waals surface area contributed by atoms with E-state index in [0.29, 0.717) is 12.1 Å². The Hall–Kier alpha value is -3.74. The van der Waals surface area contributed by atoms with E-state index in [9.17, 15) is 4.79 Å². The van der Waals surface area contributed by atoms with Crippen molar-refractivity contribution in [3.05, 3.63) is 120 Å². The lowest BCUT2D eigenvalue weighted by Gasteiger charge is -2.23. The lowest BCUT2D eigenvalue weighted by molar-refractivity contribution is 0.0947. The maximum absolute atomic E-state index is 12.6. The normalized spacial score (nSPS) is 10.5. The molecule has 0 aliphatic rings. The van der Waals surface area contributed by atoms with Crippen LogP contribution in [0.1, 0.15) is 21.5 Å². The largest absolute Gasteiger partial charge is 0.412 e. The van der Waals surface area contributed by atoms with Gasteiger partial charge < -0.3 is 15.4 Å². The summed E-state index contributed by atoms with van der Waals surface area (Å²) >= 11 is 0. The molecular weight excluding hydrogens is 400 g/mol. The number of nitrogens with zero attached hydrogens (tertiary/aromatic N) is 3. The van der Waals surface area contributed by atoms with E-state index in [2.05, 4.69) is 63.7 Å². The molecule has 6 heteroatoms. The van der Waals surface area contributed by atoms with E-state index >= 15 is 0 Å². The SMILES string of the molecule is O.O=C(NCCN(Cc1ccccc1)Cc1ccccc1)c1ccc(-n2ccnc2)cc1. The van der Waals surface area contributed by atoms with Crippen molar-refractivity contribution in [1.82, 2.24) is 19.8 Å². The molecule has 1 amide bonds. The van der Waals surface area contributed by atoms with E-state index in [4.69, 9.17) is 0 Å². The minimum absolute atomic E-state index is 0. The van der Waals surface area contributed by atoms with Gasteiger partial charge in [0.05, 0.1) is 6.33 Å². The van der Waals surface area contributed by atoms with Crippen LogP contribution in [0.5, 0.6) is 0 Å². The second-order valence-corrected chi connectivity index (χ2v) is 7.45. The topological polar surface area (TPSA) is 81.7 Å². The number of aromatic nitrogens is 2. The molecule has 1 aromatic heterocycles. The fraction of sp³-hybridized carbons (Fsp3) is 0.154. The molecule has 3 aromatic carbocycles. The number of hydrogen-bond donors (Lipinski definition) is 1. The van der Waals surface area contributed by atoms with Gasteiger partial charge in [0, 0.05) is 49.8 Å². The highest BCUT2D eigenvalue weighted by molar-refractivity contribution is 5.94. The number of carbonyl (C=O) groups excluding carboxylic acids is 1. The molecule has 0 aliphatic carbocycles. The number of benzene rings is 3. The van der Waals surface area contributed by atoms with E-state index in [0.717, 1.165) is 25.3 Å². The Bertz CT molecular complexity index is 1020. The molecule has 32 heavy (non-hydrogen) atoms. The van der Waals surface area contributed by atoms with Crippen LogP contribution in [-0.2, 0) is 13.1 Å². The molecule has 4 aromatic rings. The first kappa shape index (κ1) is 22.9. The number of hydrogen-bond acceptors (Lipinski definition) is 3. The van der Waals surface area contributed by atoms with Crippen molar-refractivity contribution in [2.24, 2.45) is 0 Å². The number of carbonyl (C=O) groups is 1. The number of nitrogens with one attached hydrogen (secondary N) is 1. The van der Waals surface area contributed by atoms with Gasteiger partial charge in [-0.25, -0.2) is 4.98 Å². The third-order valence-electron chi connectivity index (χ3n) is 5.14. The molecule has 1 heterocycles. The van der Waals surface area contributed by atoms with E-state index in [1.807, 2.05) is 47.2 Å². The first-order valence-corrected chi connectivity index (χ1v) is 10.4. The van der Waals surface area contributed by atoms with E-state index in [1.54, 1.807) is 12.5 Å². The molecule has 0 bridgehead atoms. The van der Waals surface area contributed by atoms with Gasteiger partial charge in [-0.1, -0.05) is 60.7 Å². The summed E-state index contributed by atoms with van der Waals surface area (Å²) < 4.78 is 1.91. The fourth-order valence-electron chi connectivity index (χ4n) is 3.52. The van der Waals surface area contributed by atoms with Crippen molar-refractivity contribution in [3.8, 4) is 5.69 Å². The summed E-state index contributed by atoms with van der Waals surface area (Å²) in [6.45, 7) is 3.03. The molecule has 0 fully saturated rings. The molecule has 164 valence electrons. The fourth-order valence-corrected chi connectivity index (χ4v) is 3.52. The highest BCUT2D eigenvalue weighted by Crippen LogP contribution is 2.11. The average molecular weight is 429 g/mol. The van der Waals surface area contributed by atoms with Crippen LogP contribution in [-0.4, -0.2) is 38.9 Å². The van der Waals surface area contributed by atoms with Gasteiger partial charge in [-0.05, 0) is 35.4 Å². The molecule has 3 N–H and O–H groups in total. The van der Waals surface area contributed by atoms with Crippen molar-refractivity contribution in [2.45, 2.75) is 13.1 Å². The van der Waals surface area contributed by atoms with Crippen molar-refractivity contribution < 1.29 is 10.3 Å². The zero-order chi connectivity index (χ0) is 21.3. The highest BCUT2D eigenvalue weighted by Gasteiger charge is 2.10. The number of amides is 1. The summed E-state index contributed by atoms with van der Waals surface area (Å²) in [5, 5.41) is 3.06. The molecular formula is C26H28N4O2. The molecule has 0 unspecified atom stereocenters. The molecule has 0 atom stereocenters. The predicted octanol–water partition coefficient (Wildman–Crippen LogP) is 3.48. The number of rotatable bonds is 9. The van der Waals surface area contributed by atoms with Gasteiger partial charge in [0.15, 0.2) is 0 Å². The molecule has 6 nitrogen and oxygen atoms in total. The summed E-state index contributed by atoms with van der Waals surface area (Å²) in [4.78, 5) is 19.0. The minimum atomic E-state index is -0.0587. The van der Waals surface area contributed by atoms with Gasteiger partial charge in [-0.3, -0.25) is 9.69 Å². The van der Waals surface area contributed by atoms with Crippen LogP contribution in [0.2, 0.25) is 0 Å². The Kier molecular flexibility index (Phi) is 8.31. The van der Waals surface area contributed by atoms with Crippen molar-refractivity contribution in [3.63, 3.8) is 0 Å². The maximum Gasteiger partial charge on any atom is 0.251 e. The van der Waals surface area contributed by atoms with Crippen LogP contribution >= 0.6 is 0 Å². The quantitative estimate of drug-likeness (QED) is 0.443. The second-order valence-electron chi connectivity index (χ2n) is 7.45. The summed E-state index contributed by atoms with van der Waals surface area (Å²) in [7, 11) is 0. The van der Waals surface area contributed by atoms with Gasteiger partial charge in [-0.15, -0.1) is 0 Å². The zero-order valence-corrected chi connectivity index (χ0v) is 17.9. The molecule has 4 rings (SSSR count).